The van der Waals surface area contributed by atoms with Crippen molar-refractivity contribution in [3.63, 3.8) is 0 Å². The van der Waals surface area contributed by atoms with Crippen molar-refractivity contribution < 1.29 is 15.3 Å². The van der Waals surface area contributed by atoms with E-state index in [2.05, 4.69) is 13.8 Å². The summed E-state index contributed by atoms with van der Waals surface area (Å²) in [6, 6.07) is 0. The van der Waals surface area contributed by atoms with Crippen molar-refractivity contribution in [2.24, 2.45) is 5.41 Å². The molecule has 0 rings (SSSR count). The van der Waals surface area contributed by atoms with Crippen molar-refractivity contribution in [1.29, 1.82) is 0 Å². The van der Waals surface area contributed by atoms with Crippen LogP contribution in [-0.4, -0.2) is 35.1 Å². The molecule has 3 heteroatoms. The van der Waals surface area contributed by atoms with Crippen molar-refractivity contribution in [3.05, 3.63) is 0 Å². The van der Waals surface area contributed by atoms with Gasteiger partial charge in [0.2, 0.25) is 0 Å². The van der Waals surface area contributed by atoms with Crippen LogP contribution in [0.4, 0.5) is 0 Å². The molecule has 0 aliphatic rings. The van der Waals surface area contributed by atoms with E-state index in [4.69, 9.17) is 15.3 Å². The standard InChI is InChI=1S/C6H14O3.C6H14/c1-2-6(3-7,4-8)5-9;1-3-5-6-4-2/h7-9H,2-5H2,1H3;3-6H2,1-2H3. The van der Waals surface area contributed by atoms with Gasteiger partial charge in [0.05, 0.1) is 19.8 Å². The fourth-order valence-corrected chi connectivity index (χ4v) is 0.985. The first-order valence-corrected chi connectivity index (χ1v) is 5.98. The highest BCUT2D eigenvalue weighted by Crippen LogP contribution is 2.18. The van der Waals surface area contributed by atoms with Crippen LogP contribution in [0.1, 0.15) is 52.9 Å². The van der Waals surface area contributed by atoms with Gasteiger partial charge >= 0.3 is 0 Å². The zero-order valence-electron chi connectivity index (χ0n) is 10.5. The summed E-state index contributed by atoms with van der Waals surface area (Å²) in [6.45, 7) is 5.82. The van der Waals surface area contributed by atoms with Crippen LogP contribution in [0.25, 0.3) is 0 Å². The Labute approximate surface area is 94.1 Å². The zero-order valence-corrected chi connectivity index (χ0v) is 10.5. The molecule has 0 saturated heterocycles. The minimum absolute atomic E-state index is 0.156. The first-order valence-electron chi connectivity index (χ1n) is 5.98. The SMILES string of the molecule is CCC(CO)(CO)CO.CCCCCC. The van der Waals surface area contributed by atoms with Crippen LogP contribution < -0.4 is 0 Å². The molecule has 15 heavy (non-hydrogen) atoms. The summed E-state index contributed by atoms with van der Waals surface area (Å²) in [6.07, 6.45) is 6.13. The van der Waals surface area contributed by atoms with E-state index >= 15 is 0 Å². The van der Waals surface area contributed by atoms with Crippen LogP contribution in [-0.2, 0) is 0 Å². The third-order valence-electron chi connectivity index (χ3n) is 2.71. The highest BCUT2D eigenvalue weighted by molar-refractivity contribution is 4.74. The molecular formula is C12H28O3. The lowest BCUT2D eigenvalue weighted by molar-refractivity contribution is 0.00304. The summed E-state index contributed by atoms with van der Waals surface area (Å²) in [7, 11) is 0. The molecule has 0 saturated carbocycles. The molecule has 0 aliphatic carbocycles. The van der Waals surface area contributed by atoms with Gasteiger partial charge in [0.15, 0.2) is 0 Å². The van der Waals surface area contributed by atoms with Gasteiger partial charge in [0.1, 0.15) is 0 Å². The Morgan fingerprint density at radius 1 is 0.733 bits per heavy atom. The Hall–Kier alpha value is -0.120. The number of hydrogen-bond donors (Lipinski definition) is 3. The smallest absolute Gasteiger partial charge is 0.0531 e. The maximum absolute atomic E-state index is 8.66. The quantitative estimate of drug-likeness (QED) is 0.575. The average molecular weight is 220 g/mol. The molecule has 0 atom stereocenters. The largest absolute Gasteiger partial charge is 0.396 e. The van der Waals surface area contributed by atoms with E-state index in [9.17, 15) is 0 Å². The van der Waals surface area contributed by atoms with Crippen LogP contribution in [0.15, 0.2) is 0 Å². The normalized spacial score (nSPS) is 10.8. The summed E-state index contributed by atoms with van der Waals surface area (Å²) in [4.78, 5) is 0. The Morgan fingerprint density at radius 3 is 1.13 bits per heavy atom. The lowest BCUT2D eigenvalue weighted by atomic mass is 9.88. The van der Waals surface area contributed by atoms with Crippen LogP contribution >= 0.6 is 0 Å². The maximum atomic E-state index is 8.66. The van der Waals surface area contributed by atoms with Gasteiger partial charge in [-0.3, -0.25) is 0 Å². The summed E-state index contributed by atoms with van der Waals surface area (Å²) in [5.74, 6) is 0. The molecule has 0 aromatic heterocycles. The average Bonchev–Trinajstić information content (AvgIpc) is 2.31. The molecule has 3 nitrogen and oxygen atoms in total. The molecule has 0 unspecified atom stereocenters. The Balaban J connectivity index is 0. The van der Waals surface area contributed by atoms with E-state index in [1.165, 1.54) is 25.7 Å². The number of hydrogen-bond acceptors (Lipinski definition) is 3. The van der Waals surface area contributed by atoms with Gasteiger partial charge in [0.25, 0.3) is 0 Å². The summed E-state index contributed by atoms with van der Waals surface area (Å²) < 4.78 is 0. The third-order valence-corrected chi connectivity index (χ3v) is 2.71. The van der Waals surface area contributed by atoms with Crippen molar-refractivity contribution in [3.8, 4) is 0 Å². The lowest BCUT2D eigenvalue weighted by Crippen LogP contribution is -2.32. The van der Waals surface area contributed by atoms with Gasteiger partial charge in [-0.2, -0.15) is 0 Å². The monoisotopic (exact) mass is 220 g/mol. The second-order valence-electron chi connectivity index (χ2n) is 4.04. The van der Waals surface area contributed by atoms with E-state index in [1.807, 2.05) is 6.92 Å². The second kappa shape index (κ2) is 12.0. The van der Waals surface area contributed by atoms with Gasteiger partial charge in [-0.25, -0.2) is 0 Å². The molecule has 0 aliphatic heterocycles. The van der Waals surface area contributed by atoms with Crippen molar-refractivity contribution in [2.75, 3.05) is 19.8 Å². The van der Waals surface area contributed by atoms with Crippen LogP contribution in [0.3, 0.4) is 0 Å². The predicted octanol–water partition coefficient (Wildman–Crippen LogP) is 1.95. The molecular weight excluding hydrogens is 192 g/mol. The molecule has 0 radical (unpaired) electrons. The zero-order chi connectivity index (χ0) is 12.2. The topological polar surface area (TPSA) is 60.7 Å². The van der Waals surface area contributed by atoms with E-state index in [1.54, 1.807) is 0 Å². The van der Waals surface area contributed by atoms with Crippen LogP contribution in [0, 0.1) is 5.41 Å². The number of aliphatic hydroxyl groups excluding tert-OH is 3. The Morgan fingerprint density at radius 2 is 1.07 bits per heavy atom. The van der Waals surface area contributed by atoms with E-state index < -0.39 is 5.41 Å². The van der Waals surface area contributed by atoms with Crippen molar-refractivity contribution in [2.45, 2.75) is 52.9 Å². The summed E-state index contributed by atoms with van der Waals surface area (Å²) in [5.41, 5.74) is -0.667. The summed E-state index contributed by atoms with van der Waals surface area (Å²) >= 11 is 0. The fraction of sp³-hybridized carbons (Fsp3) is 1.00. The first kappa shape index (κ1) is 17.3. The molecule has 0 heterocycles. The first-order chi connectivity index (χ1) is 7.16. The minimum Gasteiger partial charge on any atom is -0.396 e. The minimum atomic E-state index is -0.667. The van der Waals surface area contributed by atoms with Gasteiger partial charge in [-0.1, -0.05) is 46.5 Å². The van der Waals surface area contributed by atoms with Gasteiger partial charge < -0.3 is 15.3 Å². The maximum Gasteiger partial charge on any atom is 0.0531 e. The number of aliphatic hydroxyl groups is 3. The van der Waals surface area contributed by atoms with Gasteiger partial charge in [-0.15, -0.1) is 0 Å². The fourth-order valence-electron chi connectivity index (χ4n) is 0.985. The van der Waals surface area contributed by atoms with E-state index in [-0.39, 0.29) is 19.8 Å². The van der Waals surface area contributed by atoms with Gasteiger partial charge in [-0.05, 0) is 6.42 Å². The molecule has 0 bridgehead atoms. The molecule has 94 valence electrons. The molecule has 0 spiro atoms. The molecule has 3 N–H and O–H groups in total. The predicted molar refractivity (Wildman–Crippen MR) is 63.8 cm³/mol. The molecule has 0 aromatic rings. The Bertz CT molecular complexity index is 89.9. The van der Waals surface area contributed by atoms with Crippen molar-refractivity contribution in [1.82, 2.24) is 0 Å². The van der Waals surface area contributed by atoms with Gasteiger partial charge in [0, 0.05) is 5.41 Å². The molecule has 0 fully saturated rings. The number of unbranched alkanes of at least 4 members (excludes halogenated alkanes) is 3. The van der Waals surface area contributed by atoms with Crippen LogP contribution in [0.5, 0.6) is 0 Å². The highest BCUT2D eigenvalue weighted by Gasteiger charge is 2.24. The van der Waals surface area contributed by atoms with Crippen LogP contribution in [0.2, 0.25) is 0 Å². The lowest BCUT2D eigenvalue weighted by Gasteiger charge is -2.24. The Kier molecular flexibility index (Phi) is 13.8. The molecule has 0 amide bonds. The van der Waals surface area contributed by atoms with E-state index in [0.29, 0.717) is 6.42 Å². The van der Waals surface area contributed by atoms with E-state index in [0.717, 1.165) is 0 Å². The molecule has 0 aromatic carbocycles. The van der Waals surface area contributed by atoms with Crippen molar-refractivity contribution >= 4 is 0 Å². The third kappa shape index (κ3) is 8.85. The number of rotatable bonds is 7. The summed E-state index contributed by atoms with van der Waals surface area (Å²) in [5, 5.41) is 26.0. The highest BCUT2D eigenvalue weighted by atomic mass is 16.3. The second-order valence-corrected chi connectivity index (χ2v) is 4.04.